The highest BCUT2D eigenvalue weighted by Crippen LogP contribution is 2.29. The van der Waals surface area contributed by atoms with Gasteiger partial charge in [0.15, 0.2) is 0 Å². The number of hydrogen-bond donors (Lipinski definition) is 0. The van der Waals surface area contributed by atoms with E-state index < -0.39 is 0 Å². The molecule has 2 aliphatic rings. The molecule has 2 atom stereocenters. The van der Waals surface area contributed by atoms with E-state index >= 15 is 0 Å². The van der Waals surface area contributed by atoms with Crippen LogP contribution < -0.4 is 0 Å². The molecular weight excluding hydrogens is 210 g/mol. The van der Waals surface area contributed by atoms with Gasteiger partial charge in [-0.1, -0.05) is 0 Å². The smallest absolute Gasteiger partial charge is 0.0239 e. The van der Waals surface area contributed by atoms with Crippen LogP contribution in [0.3, 0.4) is 0 Å². The molecule has 2 heterocycles. The normalized spacial score (nSPS) is 34.4. The molecule has 0 amide bonds. The third-order valence-electron chi connectivity index (χ3n) is 4.47. The molecule has 0 radical (unpaired) electrons. The van der Waals surface area contributed by atoms with Crippen LogP contribution >= 0.6 is 0 Å². The molecule has 0 aliphatic carbocycles. The topological polar surface area (TPSA) is 9.72 Å². The zero-order valence-corrected chi connectivity index (χ0v) is 12.2. The van der Waals surface area contributed by atoms with Gasteiger partial charge in [0.2, 0.25) is 0 Å². The van der Waals surface area contributed by atoms with Gasteiger partial charge in [-0.3, -0.25) is 9.80 Å². The van der Waals surface area contributed by atoms with Gasteiger partial charge in [-0.25, -0.2) is 0 Å². The van der Waals surface area contributed by atoms with E-state index in [0.717, 1.165) is 12.1 Å². The molecule has 0 unspecified atom stereocenters. The molecule has 17 heavy (non-hydrogen) atoms. The second-order valence-electron chi connectivity index (χ2n) is 6.90. The lowest BCUT2D eigenvalue weighted by molar-refractivity contribution is 0.0943. The van der Waals surface area contributed by atoms with E-state index in [1.54, 1.807) is 0 Å². The number of rotatable bonds is 1. The molecule has 0 spiro atoms. The van der Waals surface area contributed by atoms with Crippen LogP contribution in [0, 0.1) is 0 Å². The van der Waals surface area contributed by atoms with Crippen LogP contribution in [0.25, 0.3) is 0 Å². The van der Waals surface area contributed by atoms with Crippen molar-refractivity contribution < 1.29 is 0 Å². The Morgan fingerprint density at radius 2 is 1.59 bits per heavy atom. The highest BCUT2D eigenvalue weighted by molar-refractivity contribution is 4.95. The van der Waals surface area contributed by atoms with Crippen LogP contribution in [-0.2, 0) is 0 Å². The maximum absolute atomic E-state index is 2.71. The average molecular weight is 239 g/mol. The Bertz CT molecular complexity index is 251. The third-order valence-corrected chi connectivity index (χ3v) is 4.47. The zero-order valence-electron chi connectivity index (χ0n) is 12.2. The van der Waals surface area contributed by atoms with E-state index in [1.165, 1.54) is 39.1 Å². The minimum absolute atomic E-state index is 0.320. The van der Waals surface area contributed by atoms with Crippen molar-refractivity contribution in [3.05, 3.63) is 0 Å². The molecule has 3 heteroatoms. The monoisotopic (exact) mass is 239 g/mol. The van der Waals surface area contributed by atoms with Gasteiger partial charge in [0.25, 0.3) is 0 Å². The molecule has 2 rings (SSSR count). The van der Waals surface area contributed by atoms with Gasteiger partial charge in [-0.15, -0.1) is 0 Å². The molecule has 0 saturated carbocycles. The number of piperazine rings is 1. The summed E-state index contributed by atoms with van der Waals surface area (Å²) in [6.07, 6.45) is 1.35. The summed E-state index contributed by atoms with van der Waals surface area (Å²) in [5.41, 5.74) is 0.320. The van der Waals surface area contributed by atoms with E-state index in [-0.39, 0.29) is 0 Å². The van der Waals surface area contributed by atoms with Crippen molar-refractivity contribution in [2.24, 2.45) is 0 Å². The van der Waals surface area contributed by atoms with Crippen LogP contribution in [0.2, 0.25) is 0 Å². The molecule has 2 aliphatic heterocycles. The van der Waals surface area contributed by atoms with Crippen LogP contribution in [0.15, 0.2) is 0 Å². The summed E-state index contributed by atoms with van der Waals surface area (Å²) in [5, 5.41) is 0. The fraction of sp³-hybridized carbons (Fsp3) is 1.00. The van der Waals surface area contributed by atoms with Gasteiger partial charge in [0.1, 0.15) is 0 Å². The summed E-state index contributed by atoms with van der Waals surface area (Å²) in [6, 6.07) is 1.53. The first-order chi connectivity index (χ1) is 7.88. The fourth-order valence-corrected chi connectivity index (χ4v) is 3.39. The predicted molar refractivity (Wildman–Crippen MR) is 73.4 cm³/mol. The van der Waals surface area contributed by atoms with E-state index in [9.17, 15) is 0 Å². The standard InChI is InChI=1S/C14H29N3/c1-12-10-13(11-17(12)14(2,3)4)16-8-6-15(5)7-9-16/h12-13H,6-11H2,1-5H3/t12-,13-/m0/s1. The first-order valence-corrected chi connectivity index (χ1v) is 7.07. The van der Waals surface area contributed by atoms with Gasteiger partial charge < -0.3 is 4.90 Å². The Morgan fingerprint density at radius 3 is 2.06 bits per heavy atom. The SMILES string of the molecule is C[C@H]1C[C@H](N2CCN(C)CC2)CN1C(C)(C)C. The lowest BCUT2D eigenvalue weighted by Crippen LogP contribution is -2.50. The Labute approximate surface area is 107 Å². The maximum Gasteiger partial charge on any atom is 0.0239 e. The molecule has 0 aromatic heterocycles. The van der Waals surface area contributed by atoms with Crippen molar-refractivity contribution >= 4 is 0 Å². The summed E-state index contributed by atoms with van der Waals surface area (Å²) < 4.78 is 0. The van der Waals surface area contributed by atoms with Crippen molar-refractivity contribution in [1.29, 1.82) is 0 Å². The minimum atomic E-state index is 0.320. The molecule has 0 aromatic carbocycles. The predicted octanol–water partition coefficient (Wildman–Crippen LogP) is 1.50. The van der Waals surface area contributed by atoms with Crippen molar-refractivity contribution in [2.45, 2.75) is 51.7 Å². The summed E-state index contributed by atoms with van der Waals surface area (Å²) in [4.78, 5) is 7.83. The molecular formula is C14H29N3. The summed E-state index contributed by atoms with van der Waals surface area (Å²) in [5.74, 6) is 0. The lowest BCUT2D eigenvalue weighted by Gasteiger charge is -2.38. The van der Waals surface area contributed by atoms with E-state index in [2.05, 4.69) is 49.4 Å². The van der Waals surface area contributed by atoms with Crippen LogP contribution in [0.4, 0.5) is 0 Å². The number of hydrogen-bond acceptors (Lipinski definition) is 3. The van der Waals surface area contributed by atoms with Crippen LogP contribution in [0.5, 0.6) is 0 Å². The van der Waals surface area contributed by atoms with Gasteiger partial charge in [0, 0.05) is 50.3 Å². The van der Waals surface area contributed by atoms with Crippen LogP contribution in [0.1, 0.15) is 34.1 Å². The Hall–Kier alpha value is -0.120. The molecule has 0 bridgehead atoms. The van der Waals surface area contributed by atoms with Gasteiger partial charge >= 0.3 is 0 Å². The number of likely N-dealkylation sites (N-methyl/N-ethyl adjacent to an activating group) is 1. The Balaban J connectivity index is 1.92. The highest BCUT2D eigenvalue weighted by atomic mass is 15.3. The lowest BCUT2D eigenvalue weighted by atomic mass is 10.1. The number of nitrogens with zero attached hydrogens (tertiary/aromatic N) is 3. The Kier molecular flexibility index (Phi) is 3.81. The second kappa shape index (κ2) is 4.87. The quantitative estimate of drug-likeness (QED) is 0.686. The third kappa shape index (κ3) is 3.01. The maximum atomic E-state index is 2.71. The molecule has 100 valence electrons. The molecule has 0 N–H and O–H groups in total. The van der Waals surface area contributed by atoms with Crippen molar-refractivity contribution in [3.8, 4) is 0 Å². The minimum Gasteiger partial charge on any atom is -0.304 e. The van der Waals surface area contributed by atoms with E-state index in [4.69, 9.17) is 0 Å². The largest absolute Gasteiger partial charge is 0.304 e. The second-order valence-corrected chi connectivity index (χ2v) is 6.90. The first kappa shape index (κ1) is 13.3. The van der Waals surface area contributed by atoms with Gasteiger partial charge in [-0.05, 0) is 41.2 Å². The summed E-state index contributed by atoms with van der Waals surface area (Å²) >= 11 is 0. The molecule has 2 fully saturated rings. The average Bonchev–Trinajstić information content (AvgIpc) is 2.61. The fourth-order valence-electron chi connectivity index (χ4n) is 3.39. The van der Waals surface area contributed by atoms with Crippen molar-refractivity contribution in [1.82, 2.24) is 14.7 Å². The number of likely N-dealkylation sites (tertiary alicyclic amines) is 1. The van der Waals surface area contributed by atoms with Gasteiger partial charge in [0.05, 0.1) is 0 Å². The highest BCUT2D eigenvalue weighted by Gasteiger charge is 2.38. The van der Waals surface area contributed by atoms with Crippen molar-refractivity contribution in [2.75, 3.05) is 39.8 Å². The molecule has 2 saturated heterocycles. The Morgan fingerprint density at radius 1 is 1.00 bits per heavy atom. The molecule has 3 nitrogen and oxygen atoms in total. The van der Waals surface area contributed by atoms with Crippen molar-refractivity contribution in [3.63, 3.8) is 0 Å². The molecule has 0 aromatic rings. The van der Waals surface area contributed by atoms with E-state index in [1.807, 2.05) is 0 Å². The first-order valence-electron chi connectivity index (χ1n) is 7.07. The summed E-state index contributed by atoms with van der Waals surface area (Å²) in [6.45, 7) is 15.7. The van der Waals surface area contributed by atoms with Gasteiger partial charge in [-0.2, -0.15) is 0 Å². The van der Waals surface area contributed by atoms with Crippen LogP contribution in [-0.4, -0.2) is 72.1 Å². The summed E-state index contributed by atoms with van der Waals surface area (Å²) in [7, 11) is 2.23. The zero-order chi connectivity index (χ0) is 12.6. The van der Waals surface area contributed by atoms with E-state index in [0.29, 0.717) is 5.54 Å².